The Balaban J connectivity index is 1.86. The molecule has 2 heterocycles. The average molecular weight is 388 g/mol. The van der Waals surface area contributed by atoms with Gasteiger partial charge >= 0.3 is 5.97 Å². The second kappa shape index (κ2) is 8.08. The van der Waals surface area contributed by atoms with Crippen LogP contribution in [0.15, 0.2) is 23.6 Å². The lowest BCUT2D eigenvalue weighted by molar-refractivity contribution is -0.146. The van der Waals surface area contributed by atoms with Crippen molar-refractivity contribution < 1.29 is 19.1 Å². The monoisotopic (exact) mass is 388 g/mol. The van der Waals surface area contributed by atoms with Crippen LogP contribution < -0.4 is 9.64 Å². The van der Waals surface area contributed by atoms with Crippen LogP contribution in [0.3, 0.4) is 0 Å². The highest BCUT2D eigenvalue weighted by Crippen LogP contribution is 2.37. The fourth-order valence-corrected chi connectivity index (χ4v) is 3.49. The highest BCUT2D eigenvalue weighted by molar-refractivity contribution is 7.09. The zero-order valence-corrected chi connectivity index (χ0v) is 16.8. The first kappa shape index (κ1) is 19.4. The molecule has 0 aliphatic carbocycles. The van der Waals surface area contributed by atoms with Crippen LogP contribution in [0.2, 0.25) is 0 Å². The highest BCUT2D eigenvalue weighted by Gasteiger charge is 2.34. The summed E-state index contributed by atoms with van der Waals surface area (Å²) in [6.07, 6.45) is 0.791. The third-order valence-electron chi connectivity index (χ3n) is 4.42. The summed E-state index contributed by atoms with van der Waals surface area (Å²) in [5.74, 6) is 0.351. The van der Waals surface area contributed by atoms with E-state index in [1.54, 1.807) is 18.3 Å². The minimum Gasteiger partial charge on any atom is -0.482 e. The van der Waals surface area contributed by atoms with E-state index in [4.69, 9.17) is 9.47 Å². The molecular weight excluding hydrogens is 364 g/mol. The van der Waals surface area contributed by atoms with Crippen molar-refractivity contribution in [3.05, 3.63) is 28.6 Å². The number of carbonyl (C=O) groups is 2. The van der Waals surface area contributed by atoms with Crippen LogP contribution in [0.1, 0.15) is 32.2 Å². The highest BCUT2D eigenvalue weighted by atomic mass is 32.1. The van der Waals surface area contributed by atoms with Gasteiger partial charge in [0.05, 0.1) is 23.0 Å². The van der Waals surface area contributed by atoms with Crippen molar-refractivity contribution in [2.24, 2.45) is 5.92 Å². The number of amides is 1. The maximum Gasteiger partial charge on any atom is 0.328 e. The van der Waals surface area contributed by atoms with Gasteiger partial charge in [-0.3, -0.25) is 9.69 Å². The summed E-state index contributed by atoms with van der Waals surface area (Å²) in [5, 5.41) is 2.94. The number of benzene rings is 1. The quantitative estimate of drug-likeness (QED) is 0.704. The van der Waals surface area contributed by atoms with Crippen molar-refractivity contribution in [3.63, 3.8) is 0 Å². The number of anilines is 1. The fourth-order valence-electron chi connectivity index (χ4n) is 2.87. The Morgan fingerprint density at radius 1 is 1.37 bits per heavy atom. The van der Waals surface area contributed by atoms with Gasteiger partial charge in [0.2, 0.25) is 0 Å². The van der Waals surface area contributed by atoms with E-state index >= 15 is 0 Å². The van der Waals surface area contributed by atoms with Crippen LogP contribution >= 0.6 is 11.3 Å². The Hall–Kier alpha value is -2.41. The van der Waals surface area contributed by atoms with Crippen LogP contribution in [0.25, 0.3) is 11.3 Å². The lowest BCUT2D eigenvalue weighted by Gasteiger charge is -2.33. The van der Waals surface area contributed by atoms with Gasteiger partial charge in [-0.1, -0.05) is 13.8 Å². The van der Waals surface area contributed by atoms with Gasteiger partial charge in [0.1, 0.15) is 11.8 Å². The number of esters is 1. The maximum absolute atomic E-state index is 12.5. The molecule has 0 radical (unpaired) electrons. The van der Waals surface area contributed by atoms with E-state index in [2.05, 4.69) is 18.8 Å². The summed E-state index contributed by atoms with van der Waals surface area (Å²) in [6.45, 7) is 8.03. The lowest BCUT2D eigenvalue weighted by Crippen LogP contribution is -2.48. The zero-order valence-electron chi connectivity index (χ0n) is 16.0. The van der Waals surface area contributed by atoms with Crippen molar-refractivity contribution in [1.29, 1.82) is 0 Å². The summed E-state index contributed by atoms with van der Waals surface area (Å²) < 4.78 is 10.9. The molecule has 1 aromatic carbocycles. The molecule has 2 aromatic rings. The average Bonchev–Trinajstić information content (AvgIpc) is 3.06. The normalized spacial score (nSPS) is 14.7. The standard InChI is InChI=1S/C20H24N2O4S/c1-12(2)7-8-25-20(24)13(3)22-17-9-15(16-11-27-14(4)21-16)5-6-18(17)26-10-19(22)23/h5-6,9,11-13H,7-8,10H2,1-4H3. The topological polar surface area (TPSA) is 68.7 Å². The molecule has 0 saturated carbocycles. The van der Waals surface area contributed by atoms with E-state index in [9.17, 15) is 9.59 Å². The third-order valence-corrected chi connectivity index (χ3v) is 5.19. The molecule has 0 fully saturated rings. The van der Waals surface area contributed by atoms with Crippen molar-refractivity contribution in [1.82, 2.24) is 4.98 Å². The number of nitrogens with zero attached hydrogens (tertiary/aromatic N) is 2. The zero-order chi connectivity index (χ0) is 19.6. The first-order valence-corrected chi connectivity index (χ1v) is 9.93. The predicted molar refractivity (Wildman–Crippen MR) is 105 cm³/mol. The molecule has 0 N–H and O–H groups in total. The molecule has 1 amide bonds. The Kier molecular flexibility index (Phi) is 5.79. The van der Waals surface area contributed by atoms with Crippen molar-refractivity contribution in [3.8, 4) is 17.0 Å². The summed E-state index contributed by atoms with van der Waals surface area (Å²) >= 11 is 1.56. The van der Waals surface area contributed by atoms with E-state index in [1.807, 2.05) is 30.5 Å². The van der Waals surface area contributed by atoms with Gasteiger partial charge in [0.25, 0.3) is 5.91 Å². The molecule has 27 heavy (non-hydrogen) atoms. The van der Waals surface area contributed by atoms with Crippen LogP contribution in [0, 0.1) is 12.8 Å². The SMILES string of the molecule is Cc1nc(-c2ccc3c(c2)N(C(C)C(=O)OCCC(C)C)C(=O)CO3)cs1. The second-order valence-corrected chi connectivity index (χ2v) is 8.07. The van der Waals surface area contributed by atoms with Crippen molar-refractivity contribution in [2.75, 3.05) is 18.1 Å². The molecular formula is C20H24N2O4S. The molecule has 0 saturated heterocycles. The third kappa shape index (κ3) is 4.30. The van der Waals surface area contributed by atoms with Crippen LogP contribution in [-0.4, -0.2) is 36.1 Å². The van der Waals surface area contributed by atoms with Gasteiger partial charge in [-0.05, 0) is 44.4 Å². The molecule has 144 valence electrons. The van der Waals surface area contributed by atoms with Crippen LogP contribution in [0.4, 0.5) is 5.69 Å². The molecule has 3 rings (SSSR count). The van der Waals surface area contributed by atoms with Gasteiger partial charge in [-0.2, -0.15) is 0 Å². The van der Waals surface area contributed by atoms with Crippen molar-refractivity contribution >= 4 is 28.9 Å². The van der Waals surface area contributed by atoms with Gasteiger partial charge in [-0.25, -0.2) is 9.78 Å². The first-order chi connectivity index (χ1) is 12.9. The van der Waals surface area contributed by atoms with Crippen molar-refractivity contribution in [2.45, 2.75) is 40.2 Å². The van der Waals surface area contributed by atoms with E-state index in [-0.39, 0.29) is 12.5 Å². The minimum absolute atomic E-state index is 0.0915. The number of fused-ring (bicyclic) bond motifs is 1. The number of aryl methyl sites for hydroxylation is 1. The second-order valence-electron chi connectivity index (χ2n) is 7.01. The Labute approximate surface area is 163 Å². The van der Waals surface area contributed by atoms with Gasteiger partial charge < -0.3 is 9.47 Å². The number of ether oxygens (including phenoxy) is 2. The largest absolute Gasteiger partial charge is 0.482 e. The number of hydrogen-bond acceptors (Lipinski definition) is 6. The number of aromatic nitrogens is 1. The Bertz CT molecular complexity index is 846. The summed E-state index contributed by atoms with van der Waals surface area (Å²) in [4.78, 5) is 31.0. The number of thiazole rings is 1. The number of carbonyl (C=O) groups excluding carboxylic acids is 2. The number of rotatable bonds is 6. The molecule has 1 unspecified atom stereocenters. The predicted octanol–water partition coefficient (Wildman–Crippen LogP) is 3.82. The smallest absolute Gasteiger partial charge is 0.328 e. The summed E-state index contributed by atoms with van der Waals surface area (Å²) in [5.41, 5.74) is 2.29. The van der Waals surface area contributed by atoms with Gasteiger partial charge in [0, 0.05) is 10.9 Å². The van der Waals surface area contributed by atoms with E-state index in [0.29, 0.717) is 24.0 Å². The maximum atomic E-state index is 12.5. The van der Waals surface area contributed by atoms with E-state index in [0.717, 1.165) is 22.7 Å². The first-order valence-electron chi connectivity index (χ1n) is 9.05. The lowest BCUT2D eigenvalue weighted by atomic mass is 10.1. The molecule has 1 aliphatic rings. The molecule has 6 nitrogen and oxygen atoms in total. The molecule has 1 atom stereocenters. The molecule has 0 bridgehead atoms. The molecule has 1 aliphatic heterocycles. The van der Waals surface area contributed by atoms with Crippen LogP contribution in [0.5, 0.6) is 5.75 Å². The molecule has 7 heteroatoms. The summed E-state index contributed by atoms with van der Waals surface area (Å²) in [6, 6.07) is 4.85. The Morgan fingerprint density at radius 3 is 2.81 bits per heavy atom. The van der Waals surface area contributed by atoms with E-state index in [1.165, 1.54) is 4.90 Å². The molecule has 0 spiro atoms. The fraction of sp³-hybridized carbons (Fsp3) is 0.450. The van der Waals surface area contributed by atoms with Gasteiger partial charge in [0.15, 0.2) is 6.61 Å². The van der Waals surface area contributed by atoms with Gasteiger partial charge in [-0.15, -0.1) is 11.3 Å². The van der Waals surface area contributed by atoms with E-state index < -0.39 is 12.0 Å². The minimum atomic E-state index is -0.722. The number of hydrogen-bond donors (Lipinski definition) is 0. The molecule has 1 aromatic heterocycles. The summed E-state index contributed by atoms with van der Waals surface area (Å²) in [7, 11) is 0. The van der Waals surface area contributed by atoms with Crippen LogP contribution in [-0.2, 0) is 14.3 Å². The Morgan fingerprint density at radius 2 is 2.15 bits per heavy atom.